The maximum absolute atomic E-state index is 5.56. The smallest absolute Gasteiger partial charge is 0.148 e. The Bertz CT molecular complexity index is 655. The number of methoxy groups -OCH3 is 1. The lowest BCUT2D eigenvalue weighted by molar-refractivity contribution is 0.415. The van der Waals surface area contributed by atoms with Crippen molar-refractivity contribution in [2.75, 3.05) is 17.9 Å². The summed E-state index contributed by atoms with van der Waals surface area (Å²) in [4.78, 5) is 9.11. The second-order valence-corrected chi connectivity index (χ2v) is 5.18. The lowest BCUT2D eigenvalue weighted by atomic mass is 10.2. The predicted molar refractivity (Wildman–Crippen MR) is 82.8 cm³/mol. The number of benzene rings is 1. The minimum Gasteiger partial charge on any atom is -0.497 e. The van der Waals surface area contributed by atoms with Crippen LogP contribution in [0.5, 0.6) is 5.75 Å². The minimum absolute atomic E-state index is 0.462. The lowest BCUT2D eigenvalue weighted by Crippen LogP contribution is -2.13. The number of nitrogens with two attached hydrogens (primary N) is 1. The molecular formula is C15H19N5O. The highest BCUT2D eigenvalue weighted by Gasteiger charge is 2.28. The molecule has 1 fully saturated rings. The van der Waals surface area contributed by atoms with Gasteiger partial charge in [0.25, 0.3) is 0 Å². The number of nitrogens with zero attached hydrogens (tertiary/aromatic N) is 2. The number of hydrogen-bond donors (Lipinski definition) is 3. The van der Waals surface area contributed by atoms with Crippen molar-refractivity contribution >= 4 is 17.3 Å². The number of anilines is 3. The Hall–Kier alpha value is -2.34. The molecule has 6 nitrogen and oxygen atoms in total. The van der Waals surface area contributed by atoms with Crippen LogP contribution in [0.15, 0.2) is 24.3 Å². The zero-order chi connectivity index (χ0) is 14.8. The maximum atomic E-state index is 5.56. The number of hydrazine groups is 1. The number of ether oxygens (including phenoxy) is 1. The predicted octanol–water partition coefficient (Wildman–Crippen LogP) is 2.70. The maximum Gasteiger partial charge on any atom is 0.148 e. The van der Waals surface area contributed by atoms with Crippen LogP contribution in [-0.4, -0.2) is 17.1 Å². The fourth-order valence-corrected chi connectivity index (χ4v) is 2.16. The Kier molecular flexibility index (Phi) is 3.62. The summed E-state index contributed by atoms with van der Waals surface area (Å²) >= 11 is 0. The van der Waals surface area contributed by atoms with E-state index in [0.717, 1.165) is 41.5 Å². The molecule has 0 saturated heterocycles. The van der Waals surface area contributed by atoms with E-state index in [1.807, 2.05) is 31.2 Å². The Morgan fingerprint density at radius 1 is 1.24 bits per heavy atom. The summed E-state index contributed by atoms with van der Waals surface area (Å²) in [6.07, 6.45) is 2.29. The molecule has 0 spiro atoms. The second kappa shape index (κ2) is 5.57. The van der Waals surface area contributed by atoms with Gasteiger partial charge in [-0.1, -0.05) is 6.07 Å². The largest absolute Gasteiger partial charge is 0.497 e. The third kappa shape index (κ3) is 2.90. The summed E-state index contributed by atoms with van der Waals surface area (Å²) in [7, 11) is 1.65. The van der Waals surface area contributed by atoms with Gasteiger partial charge in [-0.3, -0.25) is 0 Å². The van der Waals surface area contributed by atoms with Crippen LogP contribution >= 0.6 is 0 Å². The van der Waals surface area contributed by atoms with Crippen LogP contribution < -0.4 is 21.3 Å². The van der Waals surface area contributed by atoms with Crippen LogP contribution in [0, 0.1) is 6.92 Å². The number of hydrogen-bond acceptors (Lipinski definition) is 6. The Morgan fingerprint density at radius 3 is 2.67 bits per heavy atom. The van der Waals surface area contributed by atoms with E-state index in [1.54, 1.807) is 7.11 Å². The molecule has 0 bridgehead atoms. The van der Waals surface area contributed by atoms with Gasteiger partial charge in [0.1, 0.15) is 23.2 Å². The summed E-state index contributed by atoms with van der Waals surface area (Å²) in [5.41, 5.74) is 4.46. The Labute approximate surface area is 123 Å². The van der Waals surface area contributed by atoms with Crippen LogP contribution in [0.3, 0.4) is 0 Å². The molecule has 1 aromatic carbocycles. The molecule has 1 heterocycles. The standard InChI is InChI=1S/C15H19N5O/c1-9-13(17-11-4-3-5-12(8-11)21-2)18-15(10-6-7-10)19-14(9)20-16/h3-5,8,10H,6-7,16H2,1-2H3,(H2,17,18,19,20). The molecule has 0 atom stereocenters. The van der Waals surface area contributed by atoms with Gasteiger partial charge in [0.05, 0.1) is 7.11 Å². The quantitative estimate of drug-likeness (QED) is 0.578. The van der Waals surface area contributed by atoms with Crippen LogP contribution in [-0.2, 0) is 0 Å². The molecule has 21 heavy (non-hydrogen) atoms. The topological polar surface area (TPSA) is 85.1 Å². The van der Waals surface area contributed by atoms with Crippen molar-refractivity contribution in [2.24, 2.45) is 5.84 Å². The molecule has 2 aromatic rings. The number of aromatic nitrogens is 2. The molecule has 1 aliphatic carbocycles. The first-order valence-corrected chi connectivity index (χ1v) is 6.97. The number of nitrogens with one attached hydrogen (secondary N) is 2. The average Bonchev–Trinajstić information content (AvgIpc) is 3.34. The molecule has 0 radical (unpaired) electrons. The molecule has 1 saturated carbocycles. The molecule has 1 aromatic heterocycles. The molecule has 1 aliphatic rings. The molecule has 3 rings (SSSR count). The van der Waals surface area contributed by atoms with Gasteiger partial charge in [0.2, 0.25) is 0 Å². The van der Waals surface area contributed by atoms with E-state index in [2.05, 4.69) is 20.7 Å². The van der Waals surface area contributed by atoms with Crippen molar-refractivity contribution in [3.05, 3.63) is 35.7 Å². The van der Waals surface area contributed by atoms with Crippen LogP contribution in [0.2, 0.25) is 0 Å². The van der Waals surface area contributed by atoms with Gasteiger partial charge >= 0.3 is 0 Å². The monoisotopic (exact) mass is 285 g/mol. The zero-order valence-corrected chi connectivity index (χ0v) is 12.2. The lowest BCUT2D eigenvalue weighted by Gasteiger charge is -2.14. The zero-order valence-electron chi connectivity index (χ0n) is 12.2. The normalized spacial score (nSPS) is 13.9. The van der Waals surface area contributed by atoms with Crippen LogP contribution in [0.1, 0.15) is 30.1 Å². The molecule has 0 unspecified atom stereocenters. The molecule has 6 heteroatoms. The van der Waals surface area contributed by atoms with Crippen LogP contribution in [0.4, 0.5) is 17.3 Å². The van der Waals surface area contributed by atoms with Gasteiger partial charge in [-0.05, 0) is 31.9 Å². The third-order valence-electron chi connectivity index (χ3n) is 3.57. The van der Waals surface area contributed by atoms with E-state index in [4.69, 9.17) is 10.6 Å². The molecule has 0 aliphatic heterocycles. The highest BCUT2D eigenvalue weighted by molar-refractivity contribution is 5.65. The fourth-order valence-electron chi connectivity index (χ4n) is 2.16. The van der Waals surface area contributed by atoms with E-state index < -0.39 is 0 Å². The number of nitrogen functional groups attached to an aromatic ring is 1. The van der Waals surface area contributed by atoms with E-state index in [9.17, 15) is 0 Å². The van der Waals surface area contributed by atoms with Gasteiger partial charge in [0, 0.05) is 23.2 Å². The van der Waals surface area contributed by atoms with Gasteiger partial charge in [-0.15, -0.1) is 0 Å². The Morgan fingerprint density at radius 2 is 2.00 bits per heavy atom. The van der Waals surface area contributed by atoms with E-state index >= 15 is 0 Å². The van der Waals surface area contributed by atoms with Gasteiger partial charge < -0.3 is 15.5 Å². The van der Waals surface area contributed by atoms with Crippen molar-refractivity contribution < 1.29 is 4.74 Å². The fraction of sp³-hybridized carbons (Fsp3) is 0.333. The van der Waals surface area contributed by atoms with Crippen molar-refractivity contribution in [3.63, 3.8) is 0 Å². The van der Waals surface area contributed by atoms with Crippen molar-refractivity contribution in [1.82, 2.24) is 9.97 Å². The molecule has 0 amide bonds. The minimum atomic E-state index is 0.462. The summed E-state index contributed by atoms with van der Waals surface area (Å²) in [5, 5.41) is 3.32. The van der Waals surface area contributed by atoms with Crippen molar-refractivity contribution in [1.29, 1.82) is 0 Å². The van der Waals surface area contributed by atoms with Gasteiger partial charge in [-0.2, -0.15) is 0 Å². The first kappa shape index (κ1) is 13.6. The summed E-state index contributed by atoms with van der Waals surface area (Å²) in [6, 6.07) is 7.73. The van der Waals surface area contributed by atoms with Crippen molar-refractivity contribution in [3.8, 4) is 5.75 Å². The summed E-state index contributed by atoms with van der Waals surface area (Å²) in [5.74, 6) is 9.10. The molecular weight excluding hydrogens is 266 g/mol. The molecule has 110 valence electrons. The highest BCUT2D eigenvalue weighted by atomic mass is 16.5. The second-order valence-electron chi connectivity index (χ2n) is 5.18. The average molecular weight is 285 g/mol. The van der Waals surface area contributed by atoms with E-state index in [-0.39, 0.29) is 0 Å². The summed E-state index contributed by atoms with van der Waals surface area (Å²) in [6.45, 7) is 1.94. The van der Waals surface area contributed by atoms with Gasteiger partial charge in [0.15, 0.2) is 0 Å². The van der Waals surface area contributed by atoms with Crippen LogP contribution in [0.25, 0.3) is 0 Å². The highest BCUT2D eigenvalue weighted by Crippen LogP contribution is 2.39. The SMILES string of the molecule is COc1cccc(Nc2nc(C3CC3)nc(NN)c2C)c1. The van der Waals surface area contributed by atoms with E-state index in [0.29, 0.717) is 11.7 Å². The van der Waals surface area contributed by atoms with Crippen molar-refractivity contribution in [2.45, 2.75) is 25.7 Å². The first-order valence-electron chi connectivity index (χ1n) is 6.97. The first-order chi connectivity index (χ1) is 10.2. The summed E-state index contributed by atoms with van der Waals surface area (Å²) < 4.78 is 5.23. The molecule has 4 N–H and O–H groups in total. The third-order valence-corrected chi connectivity index (χ3v) is 3.57. The van der Waals surface area contributed by atoms with Gasteiger partial charge in [-0.25, -0.2) is 15.8 Å². The Balaban J connectivity index is 1.94. The number of rotatable bonds is 5. The van der Waals surface area contributed by atoms with E-state index in [1.165, 1.54) is 0 Å².